The molecule has 0 bridgehead atoms. The molecule has 1 saturated heterocycles. The molecule has 27 heavy (non-hydrogen) atoms. The molecular formula is C21H25NO4S. The lowest BCUT2D eigenvalue weighted by Crippen LogP contribution is -2.30. The number of carbonyl (C=O) groups is 2. The van der Waals surface area contributed by atoms with Crippen molar-refractivity contribution in [2.75, 3.05) is 13.1 Å². The smallest absolute Gasteiger partial charge is 0.308 e. The minimum Gasteiger partial charge on any atom is -0.481 e. The van der Waals surface area contributed by atoms with E-state index >= 15 is 0 Å². The maximum Gasteiger partial charge on any atom is 0.308 e. The van der Waals surface area contributed by atoms with E-state index < -0.39 is 11.9 Å². The van der Waals surface area contributed by atoms with Gasteiger partial charge in [0.05, 0.1) is 5.92 Å². The summed E-state index contributed by atoms with van der Waals surface area (Å²) in [5.74, 6) is -0.319. The Balaban J connectivity index is 1.57. The van der Waals surface area contributed by atoms with Gasteiger partial charge in [0.25, 0.3) is 5.91 Å². The molecule has 144 valence electrons. The molecule has 1 aromatic heterocycles. The van der Waals surface area contributed by atoms with E-state index in [1.807, 2.05) is 36.0 Å². The Morgan fingerprint density at radius 1 is 1.15 bits per heavy atom. The van der Waals surface area contributed by atoms with Crippen molar-refractivity contribution in [1.82, 2.24) is 4.90 Å². The van der Waals surface area contributed by atoms with Gasteiger partial charge in [0.15, 0.2) is 5.76 Å². The molecule has 1 aliphatic carbocycles. The summed E-state index contributed by atoms with van der Waals surface area (Å²) in [6.45, 7) is 0.739. The number of thioether (sulfide) groups is 1. The molecule has 0 spiro atoms. The van der Waals surface area contributed by atoms with Crippen LogP contribution in [0.5, 0.6) is 0 Å². The number of furan rings is 1. The van der Waals surface area contributed by atoms with Gasteiger partial charge in [0.1, 0.15) is 5.58 Å². The largest absolute Gasteiger partial charge is 0.481 e. The molecule has 4 rings (SSSR count). The number of carboxylic acid groups (broad SMARTS) is 1. The van der Waals surface area contributed by atoms with Crippen LogP contribution in [0.2, 0.25) is 0 Å². The van der Waals surface area contributed by atoms with Crippen LogP contribution in [0, 0.1) is 5.92 Å². The van der Waals surface area contributed by atoms with Crippen molar-refractivity contribution in [2.24, 2.45) is 5.92 Å². The zero-order valence-corrected chi connectivity index (χ0v) is 16.2. The first-order chi connectivity index (χ1) is 13.1. The third kappa shape index (κ3) is 3.86. The van der Waals surface area contributed by atoms with Crippen LogP contribution in [0.25, 0.3) is 11.0 Å². The van der Waals surface area contributed by atoms with Crippen molar-refractivity contribution in [3.05, 3.63) is 35.6 Å². The van der Waals surface area contributed by atoms with E-state index in [0.717, 1.165) is 22.3 Å². The van der Waals surface area contributed by atoms with Crippen molar-refractivity contribution in [3.63, 3.8) is 0 Å². The second-order valence-electron chi connectivity index (χ2n) is 7.55. The summed E-state index contributed by atoms with van der Waals surface area (Å²) in [7, 11) is 0. The van der Waals surface area contributed by atoms with E-state index in [1.54, 1.807) is 4.90 Å². The molecule has 1 atom stereocenters. The van der Waals surface area contributed by atoms with Gasteiger partial charge in [-0.15, -0.1) is 0 Å². The second kappa shape index (κ2) is 7.97. The number of nitrogens with zero attached hydrogens (tertiary/aromatic N) is 1. The van der Waals surface area contributed by atoms with E-state index in [4.69, 9.17) is 4.42 Å². The lowest BCUT2D eigenvalue weighted by Gasteiger charge is -2.21. The average Bonchev–Trinajstić information content (AvgIpc) is 3.32. The van der Waals surface area contributed by atoms with Gasteiger partial charge in [-0.25, -0.2) is 0 Å². The van der Waals surface area contributed by atoms with Crippen LogP contribution >= 0.6 is 11.8 Å². The van der Waals surface area contributed by atoms with Crippen LogP contribution in [0.4, 0.5) is 0 Å². The number of likely N-dealkylation sites (tertiary alicyclic amines) is 1. The number of para-hydroxylation sites is 1. The Morgan fingerprint density at radius 3 is 2.67 bits per heavy atom. The molecule has 1 saturated carbocycles. The van der Waals surface area contributed by atoms with Crippen LogP contribution < -0.4 is 0 Å². The average molecular weight is 388 g/mol. The highest BCUT2D eigenvalue weighted by Gasteiger charge is 2.34. The fourth-order valence-electron chi connectivity index (χ4n) is 4.14. The second-order valence-corrected chi connectivity index (χ2v) is 8.84. The minimum absolute atomic E-state index is 0.172. The van der Waals surface area contributed by atoms with Crippen LogP contribution in [-0.2, 0) is 10.5 Å². The first-order valence-corrected chi connectivity index (χ1v) is 10.8. The van der Waals surface area contributed by atoms with Gasteiger partial charge in [-0.3, -0.25) is 9.59 Å². The molecule has 1 amide bonds. The van der Waals surface area contributed by atoms with E-state index in [-0.39, 0.29) is 12.5 Å². The van der Waals surface area contributed by atoms with Gasteiger partial charge in [-0.2, -0.15) is 11.8 Å². The van der Waals surface area contributed by atoms with Crippen molar-refractivity contribution < 1.29 is 19.1 Å². The lowest BCUT2D eigenvalue weighted by atomic mass is 10.0. The number of carbonyl (C=O) groups excluding carboxylic acids is 1. The highest BCUT2D eigenvalue weighted by Crippen LogP contribution is 2.35. The summed E-state index contributed by atoms with van der Waals surface area (Å²) in [6, 6.07) is 7.78. The van der Waals surface area contributed by atoms with Crippen molar-refractivity contribution >= 4 is 34.6 Å². The summed E-state index contributed by atoms with van der Waals surface area (Å²) >= 11 is 1.92. The molecule has 2 heterocycles. The van der Waals surface area contributed by atoms with Crippen molar-refractivity contribution in [2.45, 2.75) is 49.5 Å². The molecule has 6 heteroatoms. The first-order valence-electron chi connectivity index (χ1n) is 9.77. The van der Waals surface area contributed by atoms with E-state index in [1.165, 1.54) is 32.1 Å². The quantitative estimate of drug-likeness (QED) is 0.815. The summed E-state index contributed by atoms with van der Waals surface area (Å²) in [5, 5.41) is 10.9. The standard InChI is InChI=1S/C21H25NO4S/c23-20(22-11-10-14(12-22)21(24)25)19-17(13-27-15-6-2-1-3-7-15)16-8-4-5-9-18(16)26-19/h4-5,8-9,14-15H,1-3,6-7,10-13H2,(H,24,25). The third-order valence-corrected chi connectivity index (χ3v) is 7.13. The predicted molar refractivity (Wildman–Crippen MR) is 106 cm³/mol. The zero-order valence-electron chi connectivity index (χ0n) is 15.4. The fourth-order valence-corrected chi connectivity index (χ4v) is 5.49. The highest BCUT2D eigenvalue weighted by atomic mass is 32.2. The molecule has 2 aliphatic rings. The summed E-state index contributed by atoms with van der Waals surface area (Å²) in [4.78, 5) is 25.9. The van der Waals surface area contributed by atoms with E-state index in [2.05, 4.69) is 0 Å². The van der Waals surface area contributed by atoms with Gasteiger partial charge in [-0.05, 0) is 25.3 Å². The van der Waals surface area contributed by atoms with Gasteiger partial charge >= 0.3 is 5.97 Å². The number of aliphatic carboxylic acids is 1. The Morgan fingerprint density at radius 2 is 1.93 bits per heavy atom. The SMILES string of the molecule is O=C(O)C1CCN(C(=O)c2oc3ccccc3c2CSC2CCCCC2)C1. The predicted octanol–water partition coefficient (Wildman–Crippen LogP) is 4.55. The van der Waals surface area contributed by atoms with Gasteiger partial charge in [0, 0.05) is 35.0 Å². The third-order valence-electron chi connectivity index (χ3n) is 5.73. The number of benzene rings is 1. The molecule has 1 unspecified atom stereocenters. The number of rotatable bonds is 5. The Hall–Kier alpha value is -1.95. The van der Waals surface area contributed by atoms with E-state index in [0.29, 0.717) is 24.0 Å². The normalized spacial score (nSPS) is 21.0. The molecule has 1 aromatic carbocycles. The molecule has 0 radical (unpaired) electrons. The Bertz CT molecular complexity index is 840. The molecule has 2 fully saturated rings. The van der Waals surface area contributed by atoms with E-state index in [9.17, 15) is 14.7 Å². The molecule has 1 N–H and O–H groups in total. The topological polar surface area (TPSA) is 70.8 Å². The maximum absolute atomic E-state index is 13.1. The molecule has 2 aromatic rings. The molecule has 5 nitrogen and oxygen atoms in total. The Kier molecular flexibility index (Phi) is 5.43. The minimum atomic E-state index is -0.831. The number of carboxylic acids is 1. The van der Waals surface area contributed by atoms with Crippen molar-refractivity contribution in [1.29, 1.82) is 0 Å². The Labute approximate surface area is 163 Å². The number of hydrogen-bond donors (Lipinski definition) is 1. The lowest BCUT2D eigenvalue weighted by molar-refractivity contribution is -0.141. The summed E-state index contributed by atoms with van der Waals surface area (Å²) in [5.41, 5.74) is 1.69. The molecule has 1 aliphatic heterocycles. The number of hydrogen-bond acceptors (Lipinski definition) is 4. The summed E-state index contributed by atoms with van der Waals surface area (Å²) in [6.07, 6.45) is 6.91. The molecular weight excluding hydrogens is 362 g/mol. The fraction of sp³-hybridized carbons (Fsp3) is 0.524. The highest BCUT2D eigenvalue weighted by molar-refractivity contribution is 7.99. The monoisotopic (exact) mass is 387 g/mol. The zero-order chi connectivity index (χ0) is 18.8. The first kappa shape index (κ1) is 18.4. The van der Waals surface area contributed by atoms with Crippen molar-refractivity contribution in [3.8, 4) is 0 Å². The van der Waals surface area contributed by atoms with Crippen LogP contribution in [-0.4, -0.2) is 40.2 Å². The van der Waals surface area contributed by atoms with Crippen LogP contribution in [0.1, 0.15) is 54.6 Å². The number of amides is 1. The van der Waals surface area contributed by atoms with Crippen LogP contribution in [0.3, 0.4) is 0 Å². The van der Waals surface area contributed by atoms with Gasteiger partial charge in [-0.1, -0.05) is 37.5 Å². The maximum atomic E-state index is 13.1. The van der Waals surface area contributed by atoms with Gasteiger partial charge in [0.2, 0.25) is 0 Å². The van der Waals surface area contributed by atoms with Crippen LogP contribution in [0.15, 0.2) is 28.7 Å². The summed E-state index contributed by atoms with van der Waals surface area (Å²) < 4.78 is 5.96. The number of fused-ring (bicyclic) bond motifs is 1. The van der Waals surface area contributed by atoms with Gasteiger partial charge < -0.3 is 14.4 Å².